The Morgan fingerprint density at radius 2 is 1.20 bits per heavy atom. The van der Waals surface area contributed by atoms with Crippen molar-refractivity contribution in [3.63, 3.8) is 0 Å². The van der Waals surface area contributed by atoms with Crippen molar-refractivity contribution in [2.45, 2.75) is 0 Å². The SMILES string of the molecule is O=[Si]=O.[Bi].[Fe]. The van der Waals surface area contributed by atoms with Crippen molar-refractivity contribution in [1.29, 1.82) is 0 Å². The molecule has 0 bridgehead atoms. The van der Waals surface area contributed by atoms with Crippen LogP contribution in [-0.4, -0.2) is 35.5 Å². The molecule has 0 aliphatic carbocycles. The average Bonchev–Trinajstić information content (AvgIpc) is 0.918. The third-order valence-electron chi connectivity index (χ3n) is 0. The van der Waals surface area contributed by atoms with Crippen LogP contribution < -0.4 is 0 Å². The molecule has 0 aromatic heterocycles. The minimum atomic E-state index is -1.42. The van der Waals surface area contributed by atoms with Gasteiger partial charge in [0.25, 0.3) is 0 Å². The predicted octanol–water partition coefficient (Wildman–Crippen LogP) is -1.00. The summed E-state index contributed by atoms with van der Waals surface area (Å²) in [5.74, 6) is 0. The summed E-state index contributed by atoms with van der Waals surface area (Å²) in [5, 5.41) is 0. The monoisotopic (exact) mass is 325 g/mol. The summed E-state index contributed by atoms with van der Waals surface area (Å²) >= 11 is 0. The second-order valence-electron chi connectivity index (χ2n) is 0.0833. The Bertz CT molecular complexity index is 30.6. The zero-order chi connectivity index (χ0) is 2.71. The fourth-order valence-electron chi connectivity index (χ4n) is 0. The fourth-order valence-corrected chi connectivity index (χ4v) is 0. The number of hydrogen-bond donors (Lipinski definition) is 0. The summed E-state index contributed by atoms with van der Waals surface area (Å²) in [5.41, 5.74) is 0. The summed E-state index contributed by atoms with van der Waals surface area (Å²) in [6.07, 6.45) is 0. The first-order chi connectivity index (χ1) is 1.41. The fraction of sp³-hybridized carbons (Fsp3) is 0. The Morgan fingerprint density at radius 3 is 1.20 bits per heavy atom. The van der Waals surface area contributed by atoms with Crippen molar-refractivity contribution in [2.75, 3.05) is 0 Å². The molecule has 0 saturated carbocycles. The van der Waals surface area contributed by atoms with E-state index >= 15 is 0 Å². The molecule has 0 fully saturated rings. The van der Waals surface area contributed by atoms with Gasteiger partial charge in [-0.25, -0.2) is 0 Å². The summed E-state index contributed by atoms with van der Waals surface area (Å²) in [6.45, 7) is 0. The molecule has 0 unspecified atom stereocenters. The van der Waals surface area contributed by atoms with Gasteiger partial charge in [0.2, 0.25) is 0 Å². The summed E-state index contributed by atoms with van der Waals surface area (Å²) in [6, 6.07) is 0. The van der Waals surface area contributed by atoms with Crippen molar-refractivity contribution < 1.29 is 26.0 Å². The van der Waals surface area contributed by atoms with Crippen LogP contribution in [0.3, 0.4) is 0 Å². The smallest absolute Gasteiger partial charge is 0.274 e. The van der Waals surface area contributed by atoms with Gasteiger partial charge in [0, 0.05) is 43.3 Å². The van der Waals surface area contributed by atoms with E-state index in [9.17, 15) is 0 Å². The van der Waals surface area contributed by atoms with Gasteiger partial charge in [-0.05, 0) is 0 Å². The van der Waals surface area contributed by atoms with E-state index in [0.717, 1.165) is 0 Å². The average molecular weight is 325 g/mol. The molecule has 0 spiro atoms. The zero-order valence-corrected chi connectivity index (χ0v) is 7.70. The van der Waals surface area contributed by atoms with Gasteiger partial charge >= 0.3 is 9.29 Å². The molecule has 3 radical (unpaired) electrons. The summed E-state index contributed by atoms with van der Waals surface area (Å²) in [7, 11) is -1.42. The maximum absolute atomic E-state index is 8.40. The first-order valence-electron chi connectivity index (χ1n) is 0.408. The Morgan fingerprint density at radius 1 is 1.20 bits per heavy atom. The van der Waals surface area contributed by atoms with E-state index in [1.54, 1.807) is 0 Å². The standard InChI is InChI=1S/Bi.Fe.O2Si/c;;1-3-2. The van der Waals surface area contributed by atoms with Crippen LogP contribution in [0.1, 0.15) is 0 Å². The number of rotatable bonds is 0. The van der Waals surface area contributed by atoms with Gasteiger partial charge in [0.15, 0.2) is 0 Å². The van der Waals surface area contributed by atoms with Crippen molar-refractivity contribution in [2.24, 2.45) is 0 Å². The molecular weight excluding hydrogens is 325 g/mol. The second kappa shape index (κ2) is 18.9. The Hall–Kier alpha value is 1.22. The van der Waals surface area contributed by atoms with Gasteiger partial charge in [-0.3, -0.25) is 8.92 Å². The molecule has 0 rings (SSSR count). The van der Waals surface area contributed by atoms with Gasteiger partial charge in [0.1, 0.15) is 0 Å². The summed E-state index contributed by atoms with van der Waals surface area (Å²) in [4.78, 5) is 0. The van der Waals surface area contributed by atoms with Crippen LogP contribution in [-0.2, 0) is 26.0 Å². The van der Waals surface area contributed by atoms with Crippen LogP contribution in [0.5, 0.6) is 0 Å². The normalized spacial score (nSPS) is 1.60. The largest absolute Gasteiger partial charge is 0.549 e. The van der Waals surface area contributed by atoms with Crippen LogP contribution in [0.2, 0.25) is 0 Å². The second-order valence-corrected chi connectivity index (χ2v) is 0.250. The molecule has 5 heavy (non-hydrogen) atoms. The first-order valence-corrected chi connectivity index (χ1v) is 1.22. The molecular formula is BiFeO2Si. The molecule has 0 atom stereocenters. The van der Waals surface area contributed by atoms with E-state index in [1.165, 1.54) is 0 Å². The zero-order valence-electron chi connectivity index (χ0n) is 2.12. The van der Waals surface area contributed by atoms with E-state index in [4.69, 9.17) is 8.92 Å². The molecule has 0 aromatic carbocycles. The molecule has 0 N–H and O–H groups in total. The van der Waals surface area contributed by atoms with Crippen LogP contribution >= 0.6 is 0 Å². The molecule has 5 heteroatoms. The van der Waals surface area contributed by atoms with Gasteiger partial charge in [-0.2, -0.15) is 0 Å². The third kappa shape index (κ3) is 36.4. The van der Waals surface area contributed by atoms with Crippen LogP contribution in [0, 0.1) is 0 Å². The van der Waals surface area contributed by atoms with E-state index < -0.39 is 9.29 Å². The van der Waals surface area contributed by atoms with Crippen LogP contribution in [0.25, 0.3) is 0 Å². The van der Waals surface area contributed by atoms with E-state index in [-0.39, 0.29) is 43.3 Å². The number of hydrogen-bond acceptors (Lipinski definition) is 2. The van der Waals surface area contributed by atoms with Gasteiger partial charge in [-0.15, -0.1) is 0 Å². The molecule has 0 aliphatic heterocycles. The minimum absolute atomic E-state index is 0. The molecule has 0 heterocycles. The summed E-state index contributed by atoms with van der Waals surface area (Å²) < 4.78 is 16.8. The van der Waals surface area contributed by atoms with Crippen molar-refractivity contribution in [3.05, 3.63) is 0 Å². The molecule has 0 saturated heterocycles. The van der Waals surface area contributed by atoms with Crippen molar-refractivity contribution in [1.82, 2.24) is 0 Å². The van der Waals surface area contributed by atoms with Crippen molar-refractivity contribution >= 4 is 35.5 Å². The molecule has 29 valence electrons. The Labute approximate surface area is 61.2 Å². The predicted molar refractivity (Wildman–Crippen MR) is 12.9 cm³/mol. The Balaban J connectivity index is -0.0000000200. The first kappa shape index (κ1) is 16.3. The molecule has 0 amide bonds. The van der Waals surface area contributed by atoms with Gasteiger partial charge < -0.3 is 0 Å². The third-order valence-corrected chi connectivity index (χ3v) is 0. The molecule has 2 nitrogen and oxygen atoms in total. The Kier molecular flexibility index (Phi) is 61.7. The van der Waals surface area contributed by atoms with Gasteiger partial charge in [-0.1, -0.05) is 0 Å². The van der Waals surface area contributed by atoms with Crippen LogP contribution in [0.4, 0.5) is 0 Å². The minimum Gasteiger partial charge on any atom is -0.274 e. The maximum atomic E-state index is 8.40. The quantitative estimate of drug-likeness (QED) is 0.536. The molecule has 0 aromatic rings. The van der Waals surface area contributed by atoms with Crippen molar-refractivity contribution in [3.8, 4) is 0 Å². The van der Waals surface area contributed by atoms with Gasteiger partial charge in [0.05, 0.1) is 0 Å². The maximum Gasteiger partial charge on any atom is 0.549 e. The van der Waals surface area contributed by atoms with E-state index in [1.807, 2.05) is 0 Å². The molecule has 0 aliphatic rings. The van der Waals surface area contributed by atoms with E-state index in [2.05, 4.69) is 0 Å². The van der Waals surface area contributed by atoms with E-state index in [0.29, 0.717) is 0 Å². The van der Waals surface area contributed by atoms with Crippen LogP contribution in [0.15, 0.2) is 0 Å². The topological polar surface area (TPSA) is 34.1 Å².